The lowest BCUT2D eigenvalue weighted by atomic mass is 9.94. The molecule has 0 bridgehead atoms. The number of carbonyl (C=O) groups excluding carboxylic acids is 1. The van der Waals surface area contributed by atoms with Gasteiger partial charge in [-0.2, -0.15) is 0 Å². The molecule has 16 heavy (non-hydrogen) atoms. The zero-order chi connectivity index (χ0) is 11.7. The van der Waals surface area contributed by atoms with Crippen LogP contribution in [0.15, 0.2) is 18.2 Å². The number of fused-ring (bicyclic) bond motifs is 1. The first kappa shape index (κ1) is 11.1. The van der Waals surface area contributed by atoms with E-state index in [9.17, 15) is 9.90 Å². The summed E-state index contributed by atoms with van der Waals surface area (Å²) in [7, 11) is 1.30. The third kappa shape index (κ3) is 1.83. The van der Waals surface area contributed by atoms with Crippen molar-refractivity contribution in [2.45, 2.75) is 31.8 Å². The van der Waals surface area contributed by atoms with Crippen molar-refractivity contribution in [1.82, 2.24) is 0 Å². The van der Waals surface area contributed by atoms with Gasteiger partial charge in [0.05, 0.1) is 7.11 Å². The normalized spacial score (nSPS) is 20.3. The summed E-state index contributed by atoms with van der Waals surface area (Å²) in [6, 6.07) is 6.19. The molecule has 1 aromatic carbocycles. The lowest BCUT2D eigenvalue weighted by Crippen LogP contribution is -2.28. The fraction of sp³-hybridized carbons (Fsp3) is 0.462. The quantitative estimate of drug-likeness (QED) is 0.769. The van der Waals surface area contributed by atoms with Gasteiger partial charge >= 0.3 is 5.97 Å². The highest BCUT2D eigenvalue weighted by Gasteiger charge is 2.33. The number of benzene rings is 1. The molecule has 86 valence electrons. The zero-order valence-electron chi connectivity index (χ0n) is 9.56. The molecule has 0 fully saturated rings. The van der Waals surface area contributed by atoms with Crippen LogP contribution in [0.25, 0.3) is 0 Å². The van der Waals surface area contributed by atoms with Crippen LogP contribution >= 0.6 is 0 Å². The van der Waals surface area contributed by atoms with E-state index in [2.05, 4.69) is 22.9 Å². The van der Waals surface area contributed by atoms with Crippen LogP contribution in [0.4, 0.5) is 0 Å². The van der Waals surface area contributed by atoms with Crippen molar-refractivity contribution in [2.24, 2.45) is 0 Å². The van der Waals surface area contributed by atoms with E-state index in [1.54, 1.807) is 0 Å². The predicted octanol–water partition coefficient (Wildman–Crippen LogP) is 1.56. The maximum atomic E-state index is 11.3. The van der Waals surface area contributed by atoms with Gasteiger partial charge in [-0.05, 0) is 30.9 Å². The molecule has 0 radical (unpaired) electrons. The second kappa shape index (κ2) is 4.26. The molecule has 0 aliphatic heterocycles. The predicted molar refractivity (Wildman–Crippen MR) is 60.3 cm³/mol. The molecular formula is C13H16O3. The van der Waals surface area contributed by atoms with Crippen molar-refractivity contribution in [2.75, 3.05) is 7.11 Å². The summed E-state index contributed by atoms with van der Waals surface area (Å²) < 4.78 is 4.58. The molecule has 0 heterocycles. The third-order valence-electron chi connectivity index (χ3n) is 3.25. The van der Waals surface area contributed by atoms with E-state index < -0.39 is 12.1 Å². The molecule has 2 rings (SSSR count). The van der Waals surface area contributed by atoms with Crippen molar-refractivity contribution in [3.8, 4) is 0 Å². The van der Waals surface area contributed by atoms with E-state index in [0.717, 1.165) is 24.0 Å². The summed E-state index contributed by atoms with van der Waals surface area (Å²) in [5.74, 6) is -0.651. The molecule has 1 aliphatic rings. The van der Waals surface area contributed by atoms with Crippen LogP contribution < -0.4 is 0 Å². The highest BCUT2D eigenvalue weighted by molar-refractivity contribution is 5.76. The van der Waals surface area contributed by atoms with Gasteiger partial charge < -0.3 is 9.84 Å². The number of methoxy groups -OCH3 is 1. The Morgan fingerprint density at radius 2 is 2.31 bits per heavy atom. The topological polar surface area (TPSA) is 46.5 Å². The van der Waals surface area contributed by atoms with E-state index in [1.165, 1.54) is 12.7 Å². The summed E-state index contributed by atoms with van der Waals surface area (Å²) in [6.45, 7) is 2.01. The van der Waals surface area contributed by atoms with E-state index in [-0.39, 0.29) is 5.92 Å². The number of hydrogen-bond donors (Lipinski definition) is 1. The first-order valence-corrected chi connectivity index (χ1v) is 5.49. The Labute approximate surface area is 95.0 Å². The van der Waals surface area contributed by atoms with Crippen LogP contribution in [0, 0.1) is 6.92 Å². The number of aliphatic hydroxyl groups excluding tert-OH is 1. The van der Waals surface area contributed by atoms with Crippen LogP contribution in [0.1, 0.15) is 29.0 Å². The molecule has 3 heteroatoms. The first-order valence-electron chi connectivity index (χ1n) is 5.49. The number of aliphatic hydroxyl groups is 1. The van der Waals surface area contributed by atoms with Gasteiger partial charge in [0, 0.05) is 5.92 Å². The molecule has 3 nitrogen and oxygen atoms in total. The molecule has 1 aromatic rings. The summed E-state index contributed by atoms with van der Waals surface area (Å²) >= 11 is 0. The standard InChI is InChI=1S/C13H16O3/c1-8-3-4-9-5-6-10(11(9)7-8)12(14)13(15)16-2/h3-4,7,10,12,14H,5-6H2,1-2H3. The second-order valence-electron chi connectivity index (χ2n) is 4.32. The molecule has 0 aromatic heterocycles. The minimum Gasteiger partial charge on any atom is -0.467 e. The summed E-state index contributed by atoms with van der Waals surface area (Å²) in [6.07, 6.45) is 0.705. The second-order valence-corrected chi connectivity index (χ2v) is 4.32. The van der Waals surface area contributed by atoms with E-state index >= 15 is 0 Å². The van der Waals surface area contributed by atoms with E-state index in [0.29, 0.717) is 0 Å². The van der Waals surface area contributed by atoms with Crippen LogP contribution in [0.2, 0.25) is 0 Å². The van der Waals surface area contributed by atoms with Crippen molar-refractivity contribution >= 4 is 5.97 Å². The van der Waals surface area contributed by atoms with Gasteiger partial charge in [0.15, 0.2) is 6.10 Å². The van der Waals surface area contributed by atoms with Crippen LogP contribution in [0.3, 0.4) is 0 Å². The molecule has 2 atom stereocenters. The Kier molecular flexibility index (Phi) is 2.97. The Hall–Kier alpha value is -1.35. The monoisotopic (exact) mass is 220 g/mol. The molecule has 2 unspecified atom stereocenters. The molecule has 0 saturated carbocycles. The molecule has 0 spiro atoms. The summed E-state index contributed by atoms with van der Waals surface area (Å²) in [5.41, 5.74) is 3.49. The Morgan fingerprint density at radius 3 is 3.00 bits per heavy atom. The fourth-order valence-electron chi connectivity index (χ4n) is 2.37. The number of rotatable bonds is 2. The van der Waals surface area contributed by atoms with E-state index in [1.807, 2.05) is 6.92 Å². The van der Waals surface area contributed by atoms with Crippen LogP contribution in [-0.4, -0.2) is 24.3 Å². The van der Waals surface area contributed by atoms with Crippen molar-refractivity contribution in [3.63, 3.8) is 0 Å². The minimum absolute atomic E-state index is 0.109. The van der Waals surface area contributed by atoms with Gasteiger partial charge in [-0.3, -0.25) is 0 Å². The highest BCUT2D eigenvalue weighted by Crippen LogP contribution is 2.36. The minimum atomic E-state index is -1.03. The number of esters is 1. The highest BCUT2D eigenvalue weighted by atomic mass is 16.5. The average Bonchev–Trinajstić information content (AvgIpc) is 2.69. The average molecular weight is 220 g/mol. The molecule has 0 saturated heterocycles. The van der Waals surface area contributed by atoms with Crippen molar-refractivity contribution in [1.29, 1.82) is 0 Å². The van der Waals surface area contributed by atoms with Gasteiger partial charge in [-0.25, -0.2) is 4.79 Å². The molecule has 1 aliphatic carbocycles. The van der Waals surface area contributed by atoms with Crippen LogP contribution in [-0.2, 0) is 16.0 Å². The van der Waals surface area contributed by atoms with Gasteiger partial charge in [-0.1, -0.05) is 23.8 Å². The maximum absolute atomic E-state index is 11.3. The lowest BCUT2D eigenvalue weighted by molar-refractivity contribution is -0.151. The van der Waals surface area contributed by atoms with Crippen LogP contribution in [0.5, 0.6) is 0 Å². The maximum Gasteiger partial charge on any atom is 0.335 e. The number of ether oxygens (including phenoxy) is 1. The van der Waals surface area contributed by atoms with Gasteiger partial charge in [0.1, 0.15) is 0 Å². The number of hydrogen-bond acceptors (Lipinski definition) is 3. The summed E-state index contributed by atoms with van der Waals surface area (Å²) in [4.78, 5) is 11.3. The third-order valence-corrected chi connectivity index (χ3v) is 3.25. The SMILES string of the molecule is COC(=O)C(O)C1CCc2ccc(C)cc21. The molecule has 1 N–H and O–H groups in total. The molecular weight excluding hydrogens is 204 g/mol. The summed E-state index contributed by atoms with van der Waals surface area (Å²) in [5, 5.41) is 9.88. The van der Waals surface area contributed by atoms with E-state index in [4.69, 9.17) is 0 Å². The van der Waals surface area contributed by atoms with Gasteiger partial charge in [0.2, 0.25) is 0 Å². The number of carbonyl (C=O) groups is 1. The lowest BCUT2D eigenvalue weighted by Gasteiger charge is -2.17. The first-order chi connectivity index (χ1) is 7.63. The van der Waals surface area contributed by atoms with Gasteiger partial charge in [-0.15, -0.1) is 0 Å². The smallest absolute Gasteiger partial charge is 0.335 e. The largest absolute Gasteiger partial charge is 0.467 e. The zero-order valence-corrected chi connectivity index (χ0v) is 9.56. The fourth-order valence-corrected chi connectivity index (χ4v) is 2.37. The Bertz CT molecular complexity index is 412. The Balaban J connectivity index is 2.29. The number of aryl methyl sites for hydroxylation is 2. The van der Waals surface area contributed by atoms with Crippen molar-refractivity contribution in [3.05, 3.63) is 34.9 Å². The Morgan fingerprint density at radius 1 is 1.56 bits per heavy atom. The molecule has 0 amide bonds. The van der Waals surface area contributed by atoms with Gasteiger partial charge in [0.25, 0.3) is 0 Å². The van der Waals surface area contributed by atoms with Crippen molar-refractivity contribution < 1.29 is 14.6 Å².